The van der Waals surface area contributed by atoms with Gasteiger partial charge < -0.3 is 5.32 Å². The van der Waals surface area contributed by atoms with Crippen molar-refractivity contribution < 1.29 is 0 Å². The van der Waals surface area contributed by atoms with Crippen LogP contribution in [-0.4, -0.2) is 6.54 Å². The van der Waals surface area contributed by atoms with Crippen molar-refractivity contribution in [3.05, 3.63) is 69.7 Å². The van der Waals surface area contributed by atoms with E-state index in [9.17, 15) is 0 Å². The zero-order valence-corrected chi connectivity index (χ0v) is 13.2. The summed E-state index contributed by atoms with van der Waals surface area (Å²) in [5, 5.41) is 4.37. The number of rotatable bonds is 5. The van der Waals surface area contributed by atoms with Crippen molar-refractivity contribution >= 4 is 11.6 Å². The van der Waals surface area contributed by atoms with E-state index in [1.807, 2.05) is 18.2 Å². The Hall–Kier alpha value is -1.31. The molecule has 0 spiro atoms. The van der Waals surface area contributed by atoms with Gasteiger partial charge in [-0.15, -0.1) is 0 Å². The first-order chi connectivity index (χ1) is 9.60. The van der Waals surface area contributed by atoms with Gasteiger partial charge in [-0.25, -0.2) is 0 Å². The molecule has 2 rings (SSSR count). The van der Waals surface area contributed by atoms with Crippen LogP contribution in [0.4, 0.5) is 0 Å². The van der Waals surface area contributed by atoms with Crippen LogP contribution in [0.25, 0.3) is 0 Å². The van der Waals surface area contributed by atoms with E-state index in [1.54, 1.807) is 0 Å². The lowest BCUT2D eigenvalue weighted by Gasteiger charge is -2.20. The van der Waals surface area contributed by atoms with E-state index in [0.717, 1.165) is 18.0 Å². The standard InChI is InChI=1S/C18H22ClN/c1-4-20-18(12-15-6-5-7-17(19)11-15)16-9-8-13(2)14(3)10-16/h5-11,18,20H,4,12H2,1-3H3. The van der Waals surface area contributed by atoms with Gasteiger partial charge in [-0.2, -0.15) is 0 Å². The molecular weight excluding hydrogens is 266 g/mol. The number of hydrogen-bond donors (Lipinski definition) is 1. The first kappa shape index (κ1) is 15.1. The Kier molecular flexibility index (Phi) is 5.22. The normalized spacial score (nSPS) is 12.4. The van der Waals surface area contributed by atoms with Gasteiger partial charge in [0.1, 0.15) is 0 Å². The highest BCUT2D eigenvalue weighted by atomic mass is 35.5. The molecule has 20 heavy (non-hydrogen) atoms. The maximum atomic E-state index is 6.08. The highest BCUT2D eigenvalue weighted by Crippen LogP contribution is 2.22. The molecule has 1 N–H and O–H groups in total. The van der Waals surface area contributed by atoms with E-state index >= 15 is 0 Å². The molecule has 106 valence electrons. The molecule has 0 heterocycles. The highest BCUT2D eigenvalue weighted by molar-refractivity contribution is 6.30. The Labute approximate surface area is 127 Å². The van der Waals surface area contributed by atoms with E-state index in [2.05, 4.69) is 50.4 Å². The second kappa shape index (κ2) is 6.92. The van der Waals surface area contributed by atoms with E-state index in [4.69, 9.17) is 11.6 Å². The fourth-order valence-electron chi connectivity index (χ4n) is 2.44. The van der Waals surface area contributed by atoms with Crippen LogP contribution in [-0.2, 0) is 6.42 Å². The number of hydrogen-bond acceptors (Lipinski definition) is 1. The number of halogens is 1. The molecule has 0 aliphatic carbocycles. The zero-order chi connectivity index (χ0) is 14.5. The van der Waals surface area contributed by atoms with Crippen molar-refractivity contribution in [1.82, 2.24) is 5.32 Å². The van der Waals surface area contributed by atoms with Crippen molar-refractivity contribution in [3.8, 4) is 0 Å². The summed E-state index contributed by atoms with van der Waals surface area (Å²) in [6.07, 6.45) is 0.955. The average Bonchev–Trinajstić information content (AvgIpc) is 2.41. The molecule has 0 amide bonds. The molecular formula is C18H22ClN. The fourth-order valence-corrected chi connectivity index (χ4v) is 2.65. The van der Waals surface area contributed by atoms with Gasteiger partial charge in [0.05, 0.1) is 0 Å². The second-order valence-corrected chi connectivity index (χ2v) is 5.72. The van der Waals surface area contributed by atoms with Crippen LogP contribution in [0.3, 0.4) is 0 Å². The van der Waals surface area contributed by atoms with Gasteiger partial charge in [-0.1, -0.05) is 48.9 Å². The molecule has 0 saturated carbocycles. The van der Waals surface area contributed by atoms with Gasteiger partial charge in [0.2, 0.25) is 0 Å². The fraction of sp³-hybridized carbons (Fsp3) is 0.333. The van der Waals surface area contributed by atoms with Gasteiger partial charge in [0, 0.05) is 11.1 Å². The number of aryl methyl sites for hydroxylation is 2. The first-order valence-corrected chi connectivity index (χ1v) is 7.53. The highest BCUT2D eigenvalue weighted by Gasteiger charge is 2.12. The Bertz CT molecular complexity index is 577. The molecule has 1 nitrogen and oxygen atoms in total. The summed E-state index contributed by atoms with van der Waals surface area (Å²) in [5.74, 6) is 0. The molecule has 1 atom stereocenters. The third-order valence-corrected chi connectivity index (χ3v) is 3.95. The maximum Gasteiger partial charge on any atom is 0.0408 e. The molecule has 0 fully saturated rings. The molecule has 2 aromatic carbocycles. The third kappa shape index (κ3) is 3.84. The van der Waals surface area contributed by atoms with E-state index in [0.29, 0.717) is 6.04 Å². The summed E-state index contributed by atoms with van der Waals surface area (Å²) in [5.41, 5.74) is 5.29. The SMILES string of the molecule is CCNC(Cc1cccc(Cl)c1)c1ccc(C)c(C)c1. The Morgan fingerprint density at radius 1 is 1.05 bits per heavy atom. The predicted molar refractivity (Wildman–Crippen MR) is 87.5 cm³/mol. The van der Waals surface area contributed by atoms with Crippen molar-refractivity contribution in [2.24, 2.45) is 0 Å². The number of nitrogens with one attached hydrogen (secondary N) is 1. The monoisotopic (exact) mass is 287 g/mol. The minimum absolute atomic E-state index is 0.331. The molecule has 1 unspecified atom stereocenters. The summed E-state index contributed by atoms with van der Waals surface area (Å²) in [7, 11) is 0. The van der Waals surface area contributed by atoms with Gasteiger partial charge in [-0.05, 0) is 61.2 Å². The lowest BCUT2D eigenvalue weighted by atomic mass is 9.96. The van der Waals surface area contributed by atoms with Crippen molar-refractivity contribution in [1.29, 1.82) is 0 Å². The third-order valence-electron chi connectivity index (χ3n) is 3.71. The first-order valence-electron chi connectivity index (χ1n) is 7.15. The smallest absolute Gasteiger partial charge is 0.0408 e. The molecule has 2 heteroatoms. The molecule has 2 aromatic rings. The molecule has 0 bridgehead atoms. The van der Waals surface area contributed by atoms with Crippen molar-refractivity contribution in [3.63, 3.8) is 0 Å². The van der Waals surface area contributed by atoms with Gasteiger partial charge in [-0.3, -0.25) is 0 Å². The van der Waals surface area contributed by atoms with E-state index in [-0.39, 0.29) is 0 Å². The number of likely N-dealkylation sites (N-methyl/N-ethyl adjacent to an activating group) is 1. The molecule has 0 saturated heterocycles. The maximum absolute atomic E-state index is 6.08. The van der Waals surface area contributed by atoms with Crippen LogP contribution in [0.2, 0.25) is 5.02 Å². The molecule has 0 aromatic heterocycles. The summed E-state index contributed by atoms with van der Waals surface area (Å²) in [6, 6.07) is 15.2. The minimum Gasteiger partial charge on any atom is -0.310 e. The summed E-state index contributed by atoms with van der Waals surface area (Å²) in [6.45, 7) is 7.42. The Morgan fingerprint density at radius 2 is 1.85 bits per heavy atom. The van der Waals surface area contributed by atoms with Crippen molar-refractivity contribution in [2.75, 3.05) is 6.54 Å². The summed E-state index contributed by atoms with van der Waals surface area (Å²) in [4.78, 5) is 0. The molecule has 0 radical (unpaired) electrons. The quantitative estimate of drug-likeness (QED) is 0.829. The summed E-state index contributed by atoms with van der Waals surface area (Å²) >= 11 is 6.08. The van der Waals surface area contributed by atoms with Crippen molar-refractivity contribution in [2.45, 2.75) is 33.2 Å². The largest absolute Gasteiger partial charge is 0.310 e. The Morgan fingerprint density at radius 3 is 2.50 bits per heavy atom. The predicted octanol–water partition coefficient (Wildman–Crippen LogP) is 4.85. The van der Waals surface area contributed by atoms with Gasteiger partial charge in [0.25, 0.3) is 0 Å². The van der Waals surface area contributed by atoms with Crippen LogP contribution >= 0.6 is 11.6 Å². The lowest BCUT2D eigenvalue weighted by Crippen LogP contribution is -2.23. The molecule has 0 aliphatic heterocycles. The van der Waals surface area contributed by atoms with Crippen LogP contribution in [0, 0.1) is 13.8 Å². The topological polar surface area (TPSA) is 12.0 Å². The lowest BCUT2D eigenvalue weighted by molar-refractivity contribution is 0.549. The molecule has 0 aliphatic rings. The van der Waals surface area contributed by atoms with Crippen LogP contribution in [0.15, 0.2) is 42.5 Å². The Balaban J connectivity index is 2.24. The summed E-state index contributed by atoms with van der Waals surface area (Å²) < 4.78 is 0. The minimum atomic E-state index is 0.331. The van der Waals surface area contributed by atoms with Crippen LogP contribution < -0.4 is 5.32 Å². The van der Waals surface area contributed by atoms with Gasteiger partial charge >= 0.3 is 0 Å². The van der Waals surface area contributed by atoms with E-state index < -0.39 is 0 Å². The second-order valence-electron chi connectivity index (χ2n) is 5.29. The van der Waals surface area contributed by atoms with Gasteiger partial charge in [0.15, 0.2) is 0 Å². The van der Waals surface area contributed by atoms with Crippen LogP contribution in [0.1, 0.15) is 35.2 Å². The van der Waals surface area contributed by atoms with E-state index in [1.165, 1.54) is 22.3 Å². The number of benzene rings is 2. The van der Waals surface area contributed by atoms with Crippen LogP contribution in [0.5, 0.6) is 0 Å². The zero-order valence-electron chi connectivity index (χ0n) is 12.4. The average molecular weight is 288 g/mol.